The molecule has 25 heavy (non-hydrogen) atoms. The molecule has 0 spiro atoms. The van der Waals surface area contributed by atoms with Crippen LogP contribution in [-0.4, -0.2) is 29.2 Å². The fourth-order valence-corrected chi connectivity index (χ4v) is 3.39. The lowest BCUT2D eigenvalue weighted by atomic mass is 9.88. The fraction of sp³-hybridized carbons (Fsp3) is 0.167. The minimum atomic E-state index is -2.02. The normalized spacial score (nSPS) is 19.0. The van der Waals surface area contributed by atoms with E-state index in [-0.39, 0.29) is 12.3 Å². The summed E-state index contributed by atoms with van der Waals surface area (Å²) in [6.07, 6.45) is -0.422. The first-order valence-corrected chi connectivity index (χ1v) is 8.33. The second kappa shape index (κ2) is 6.42. The lowest BCUT2D eigenvalue weighted by molar-refractivity contribution is -0.136. The van der Waals surface area contributed by atoms with E-state index in [2.05, 4.69) is 15.9 Å². The number of aliphatic hydroxyl groups is 1. The summed E-state index contributed by atoms with van der Waals surface area (Å²) in [6.45, 7) is -0.358. The molecule has 1 aliphatic heterocycles. The molecule has 2 aromatic rings. The van der Waals surface area contributed by atoms with Gasteiger partial charge in [0, 0.05) is 15.6 Å². The average molecular weight is 403 g/mol. The topological polar surface area (TPSA) is 101 Å². The molecular weight excluding hydrogens is 388 g/mol. The van der Waals surface area contributed by atoms with Crippen LogP contribution in [0.4, 0.5) is 5.69 Å². The molecule has 0 radical (unpaired) electrons. The molecule has 1 aliphatic rings. The molecule has 7 heteroatoms. The van der Waals surface area contributed by atoms with Gasteiger partial charge in [0.2, 0.25) is 5.91 Å². The van der Waals surface area contributed by atoms with E-state index >= 15 is 0 Å². The summed E-state index contributed by atoms with van der Waals surface area (Å²) in [4.78, 5) is 37.8. The Morgan fingerprint density at radius 2 is 1.88 bits per heavy atom. The largest absolute Gasteiger partial charge is 0.375 e. The van der Waals surface area contributed by atoms with Crippen molar-refractivity contribution < 1.29 is 19.5 Å². The van der Waals surface area contributed by atoms with E-state index in [1.807, 2.05) is 0 Å². The molecule has 0 aromatic heterocycles. The predicted octanol–water partition coefficient (Wildman–Crippen LogP) is 1.74. The zero-order chi connectivity index (χ0) is 18.2. The van der Waals surface area contributed by atoms with Crippen LogP contribution in [0.1, 0.15) is 22.3 Å². The number of carbonyl (C=O) groups excluding carboxylic acids is 3. The maximum atomic E-state index is 12.8. The summed E-state index contributed by atoms with van der Waals surface area (Å²) >= 11 is 3.29. The van der Waals surface area contributed by atoms with Gasteiger partial charge in [0.25, 0.3) is 5.91 Å². The minimum absolute atomic E-state index is 0.296. The van der Waals surface area contributed by atoms with Crippen LogP contribution in [-0.2, 0) is 15.2 Å². The van der Waals surface area contributed by atoms with Gasteiger partial charge in [-0.05, 0) is 18.2 Å². The highest BCUT2D eigenvalue weighted by molar-refractivity contribution is 9.10. The van der Waals surface area contributed by atoms with Crippen molar-refractivity contribution in [2.75, 3.05) is 11.4 Å². The Hall–Kier alpha value is -2.51. The standard InChI is InChI=1S/C18H15BrN2O4/c19-12-5-3-4-11(8-12)15(22)9-18(25)13-6-1-2-7-14(13)21(17(18)24)10-16(20)23/h1-8,25H,9-10H2,(H2,20,23)/t18-/m0/s1. The van der Waals surface area contributed by atoms with E-state index in [0.717, 1.165) is 9.37 Å². The van der Waals surface area contributed by atoms with E-state index in [1.165, 1.54) is 0 Å². The molecule has 128 valence electrons. The van der Waals surface area contributed by atoms with Gasteiger partial charge in [-0.3, -0.25) is 19.3 Å². The second-order valence-corrected chi connectivity index (χ2v) is 6.76. The number of nitrogens with zero attached hydrogens (tertiary/aromatic N) is 1. The molecule has 2 aromatic carbocycles. The molecule has 0 fully saturated rings. The summed E-state index contributed by atoms with van der Waals surface area (Å²) in [6, 6.07) is 13.2. The number of Topliss-reactive ketones (excluding diaryl/α,β-unsaturated/α-hetero) is 1. The first kappa shape index (κ1) is 17.3. The molecular formula is C18H15BrN2O4. The highest BCUT2D eigenvalue weighted by atomic mass is 79.9. The van der Waals surface area contributed by atoms with Gasteiger partial charge >= 0.3 is 0 Å². The highest BCUT2D eigenvalue weighted by Gasteiger charge is 2.51. The number of hydrogen-bond donors (Lipinski definition) is 2. The summed E-state index contributed by atoms with van der Waals surface area (Å²) in [5, 5.41) is 11.0. The SMILES string of the molecule is NC(=O)CN1C(=O)[C@](O)(CC(=O)c2cccc(Br)c2)c2ccccc21. The number of carbonyl (C=O) groups is 3. The second-order valence-electron chi connectivity index (χ2n) is 5.85. The number of primary amides is 1. The van der Waals surface area contributed by atoms with Crippen LogP contribution >= 0.6 is 15.9 Å². The highest BCUT2D eigenvalue weighted by Crippen LogP contribution is 2.42. The van der Waals surface area contributed by atoms with E-state index in [0.29, 0.717) is 16.8 Å². The van der Waals surface area contributed by atoms with Crippen molar-refractivity contribution in [1.82, 2.24) is 0 Å². The van der Waals surface area contributed by atoms with Gasteiger partial charge in [-0.25, -0.2) is 0 Å². The first-order chi connectivity index (χ1) is 11.8. The lowest BCUT2D eigenvalue weighted by Gasteiger charge is -2.22. The Morgan fingerprint density at radius 3 is 2.56 bits per heavy atom. The van der Waals surface area contributed by atoms with Crippen molar-refractivity contribution in [1.29, 1.82) is 0 Å². The molecule has 1 atom stereocenters. The predicted molar refractivity (Wildman–Crippen MR) is 95.0 cm³/mol. The number of nitrogens with two attached hydrogens (primary N) is 1. The van der Waals surface area contributed by atoms with Gasteiger partial charge in [0.1, 0.15) is 6.54 Å². The van der Waals surface area contributed by atoms with Crippen molar-refractivity contribution in [2.24, 2.45) is 5.73 Å². The lowest BCUT2D eigenvalue weighted by Crippen LogP contribution is -2.44. The van der Waals surface area contributed by atoms with Gasteiger partial charge < -0.3 is 10.8 Å². The van der Waals surface area contributed by atoms with Gasteiger partial charge in [-0.1, -0.05) is 46.3 Å². The number of anilines is 1. The number of halogens is 1. The summed E-state index contributed by atoms with van der Waals surface area (Å²) < 4.78 is 0.721. The summed E-state index contributed by atoms with van der Waals surface area (Å²) in [5.41, 5.74) is 4.24. The molecule has 2 amide bonds. The molecule has 6 nitrogen and oxygen atoms in total. The summed E-state index contributed by atoms with van der Waals surface area (Å²) in [5.74, 6) is -1.81. The van der Waals surface area contributed by atoms with Crippen LogP contribution in [0.15, 0.2) is 53.0 Å². The monoisotopic (exact) mass is 402 g/mol. The van der Waals surface area contributed by atoms with E-state index in [1.54, 1.807) is 48.5 Å². The Balaban J connectivity index is 1.98. The first-order valence-electron chi connectivity index (χ1n) is 7.54. The number of para-hydroxylation sites is 1. The molecule has 0 saturated carbocycles. The maximum Gasteiger partial charge on any atom is 0.264 e. The van der Waals surface area contributed by atoms with Crippen LogP contribution in [0, 0.1) is 0 Å². The average Bonchev–Trinajstić information content (AvgIpc) is 2.77. The molecule has 0 bridgehead atoms. The minimum Gasteiger partial charge on any atom is -0.375 e. The van der Waals surface area contributed by atoms with E-state index < -0.39 is 23.8 Å². The fourth-order valence-electron chi connectivity index (χ4n) is 2.99. The van der Waals surface area contributed by atoms with Crippen molar-refractivity contribution in [3.8, 4) is 0 Å². The zero-order valence-electron chi connectivity index (χ0n) is 13.1. The van der Waals surface area contributed by atoms with Gasteiger partial charge in [-0.2, -0.15) is 0 Å². The third kappa shape index (κ3) is 3.08. The van der Waals surface area contributed by atoms with Crippen molar-refractivity contribution in [3.63, 3.8) is 0 Å². The van der Waals surface area contributed by atoms with E-state index in [4.69, 9.17) is 5.73 Å². The smallest absolute Gasteiger partial charge is 0.264 e. The number of ketones is 1. The number of rotatable bonds is 5. The van der Waals surface area contributed by atoms with Gasteiger partial charge in [0.15, 0.2) is 11.4 Å². The Labute approximate surface area is 152 Å². The van der Waals surface area contributed by atoms with Crippen molar-refractivity contribution >= 4 is 39.2 Å². The van der Waals surface area contributed by atoms with Crippen molar-refractivity contribution in [2.45, 2.75) is 12.0 Å². The zero-order valence-corrected chi connectivity index (χ0v) is 14.7. The molecule has 3 N–H and O–H groups in total. The Kier molecular flexibility index (Phi) is 4.45. The molecule has 0 saturated heterocycles. The number of benzene rings is 2. The molecule has 3 rings (SSSR count). The Bertz CT molecular complexity index is 883. The third-order valence-electron chi connectivity index (χ3n) is 4.12. The Morgan fingerprint density at radius 1 is 1.16 bits per heavy atom. The molecule has 1 heterocycles. The number of amides is 2. The molecule has 0 aliphatic carbocycles. The molecule has 0 unspecified atom stereocenters. The van der Waals surface area contributed by atoms with Crippen molar-refractivity contribution in [3.05, 3.63) is 64.1 Å². The van der Waals surface area contributed by atoms with Gasteiger partial charge in [0.05, 0.1) is 12.1 Å². The van der Waals surface area contributed by atoms with Crippen LogP contribution in [0.3, 0.4) is 0 Å². The maximum absolute atomic E-state index is 12.8. The number of fused-ring (bicyclic) bond motifs is 1. The summed E-state index contributed by atoms with van der Waals surface area (Å²) in [7, 11) is 0. The van der Waals surface area contributed by atoms with Crippen LogP contribution in [0.2, 0.25) is 0 Å². The van der Waals surface area contributed by atoms with Crippen LogP contribution in [0.5, 0.6) is 0 Å². The third-order valence-corrected chi connectivity index (χ3v) is 4.61. The van der Waals surface area contributed by atoms with E-state index in [9.17, 15) is 19.5 Å². The van der Waals surface area contributed by atoms with Crippen LogP contribution in [0.25, 0.3) is 0 Å². The van der Waals surface area contributed by atoms with Crippen LogP contribution < -0.4 is 10.6 Å². The number of hydrogen-bond acceptors (Lipinski definition) is 4. The quantitative estimate of drug-likeness (QED) is 0.743. The van der Waals surface area contributed by atoms with Gasteiger partial charge in [-0.15, -0.1) is 0 Å².